The molecule has 0 saturated heterocycles. The Labute approximate surface area is 126 Å². The van der Waals surface area contributed by atoms with Crippen LogP contribution in [0.5, 0.6) is 0 Å². The number of fused-ring (bicyclic) bond motifs is 3. The zero-order valence-electron chi connectivity index (χ0n) is 12.8. The lowest BCUT2D eigenvalue weighted by atomic mass is 9.80. The van der Waals surface area contributed by atoms with E-state index in [1.807, 2.05) is 0 Å². The van der Waals surface area contributed by atoms with Crippen molar-refractivity contribution in [1.29, 1.82) is 0 Å². The molecular weight excluding hydrogens is 264 g/mol. The van der Waals surface area contributed by atoms with Crippen LogP contribution in [0.25, 0.3) is 0 Å². The van der Waals surface area contributed by atoms with Crippen molar-refractivity contribution in [2.24, 2.45) is 29.6 Å². The molecule has 1 N–H and O–H groups in total. The molecule has 5 aliphatic rings. The molecule has 116 valence electrons. The van der Waals surface area contributed by atoms with E-state index in [-0.39, 0.29) is 23.9 Å². The third kappa shape index (κ3) is 2.16. The van der Waals surface area contributed by atoms with Crippen LogP contribution in [0, 0.1) is 29.6 Å². The predicted molar refractivity (Wildman–Crippen MR) is 79.4 cm³/mol. The molecular formula is C18H26O3. The summed E-state index contributed by atoms with van der Waals surface area (Å²) in [7, 11) is 0. The Kier molecular flexibility index (Phi) is 3.18. The first-order valence-electron chi connectivity index (χ1n) is 8.68. The number of rotatable bonds is 5. The van der Waals surface area contributed by atoms with E-state index in [1.165, 1.54) is 19.3 Å². The van der Waals surface area contributed by atoms with Crippen molar-refractivity contribution in [2.45, 2.75) is 63.6 Å². The number of hydrogen-bond acceptors (Lipinski definition) is 3. The van der Waals surface area contributed by atoms with Gasteiger partial charge in [0.25, 0.3) is 0 Å². The molecule has 0 aliphatic heterocycles. The molecule has 5 unspecified atom stereocenters. The summed E-state index contributed by atoms with van der Waals surface area (Å²) in [6, 6.07) is 0. The van der Waals surface area contributed by atoms with Crippen molar-refractivity contribution in [3.05, 3.63) is 12.2 Å². The van der Waals surface area contributed by atoms with Crippen molar-refractivity contribution >= 4 is 5.97 Å². The van der Waals surface area contributed by atoms with Gasteiger partial charge in [0, 0.05) is 0 Å². The van der Waals surface area contributed by atoms with Gasteiger partial charge in [-0.1, -0.05) is 19.1 Å². The zero-order chi connectivity index (χ0) is 14.6. The molecule has 0 amide bonds. The van der Waals surface area contributed by atoms with Crippen LogP contribution < -0.4 is 0 Å². The Morgan fingerprint density at radius 2 is 2.14 bits per heavy atom. The highest BCUT2D eigenvalue weighted by Crippen LogP contribution is 2.58. The van der Waals surface area contributed by atoms with Gasteiger partial charge < -0.3 is 9.84 Å². The number of carbonyl (C=O) groups is 1. The van der Waals surface area contributed by atoms with E-state index in [1.54, 1.807) is 0 Å². The first-order valence-corrected chi connectivity index (χ1v) is 8.68. The maximum absolute atomic E-state index is 12.3. The van der Waals surface area contributed by atoms with Crippen molar-refractivity contribution < 1.29 is 14.6 Å². The summed E-state index contributed by atoms with van der Waals surface area (Å²) in [5.41, 5.74) is -0.198. The maximum atomic E-state index is 12.3. The molecule has 0 aromatic heterocycles. The van der Waals surface area contributed by atoms with Crippen LogP contribution >= 0.6 is 0 Å². The standard InChI is InChI=1S/C18H26O3/c1-2-18(10-12-6-14(18)7-12)21-17(20)9-16(19)15-8-11-3-4-13(15)5-11/h3-4,11-16,19H,2,5-10H2,1H3. The average molecular weight is 290 g/mol. The summed E-state index contributed by atoms with van der Waals surface area (Å²) in [4.78, 5) is 12.3. The van der Waals surface area contributed by atoms with E-state index in [2.05, 4.69) is 19.1 Å². The largest absolute Gasteiger partial charge is 0.459 e. The summed E-state index contributed by atoms with van der Waals surface area (Å²) in [5.74, 6) is 2.57. The van der Waals surface area contributed by atoms with Gasteiger partial charge in [0.15, 0.2) is 0 Å². The zero-order valence-corrected chi connectivity index (χ0v) is 12.8. The van der Waals surface area contributed by atoms with Gasteiger partial charge in [0.1, 0.15) is 5.60 Å². The second-order valence-corrected chi connectivity index (χ2v) is 7.85. The van der Waals surface area contributed by atoms with Gasteiger partial charge in [0.2, 0.25) is 0 Å². The maximum Gasteiger partial charge on any atom is 0.308 e. The van der Waals surface area contributed by atoms with Gasteiger partial charge in [0.05, 0.1) is 12.5 Å². The number of aliphatic hydroxyl groups excluding tert-OH is 1. The third-order valence-electron chi connectivity index (χ3n) is 6.73. The first-order chi connectivity index (χ1) is 10.1. The monoisotopic (exact) mass is 290 g/mol. The minimum Gasteiger partial charge on any atom is -0.459 e. The molecule has 4 fully saturated rings. The molecule has 0 heterocycles. The second-order valence-electron chi connectivity index (χ2n) is 7.85. The van der Waals surface area contributed by atoms with E-state index in [0.717, 1.165) is 25.2 Å². The van der Waals surface area contributed by atoms with Crippen molar-refractivity contribution in [2.75, 3.05) is 0 Å². The molecule has 0 radical (unpaired) electrons. The average Bonchev–Trinajstić information content (AvgIpc) is 3.15. The topological polar surface area (TPSA) is 46.5 Å². The molecule has 3 heteroatoms. The highest BCUT2D eigenvalue weighted by molar-refractivity contribution is 5.70. The normalized spacial score (nSPS) is 47.4. The fraction of sp³-hybridized carbons (Fsp3) is 0.833. The van der Waals surface area contributed by atoms with Gasteiger partial charge in [-0.3, -0.25) is 4.79 Å². The lowest BCUT2D eigenvalue weighted by molar-refractivity contribution is -0.166. The fourth-order valence-electron chi connectivity index (χ4n) is 5.47. The highest BCUT2D eigenvalue weighted by Gasteiger charge is 2.56. The summed E-state index contributed by atoms with van der Waals surface area (Å²) >= 11 is 0. The van der Waals surface area contributed by atoms with E-state index >= 15 is 0 Å². The number of aliphatic hydroxyl groups is 1. The van der Waals surface area contributed by atoms with Gasteiger partial charge in [-0.05, 0) is 68.1 Å². The smallest absolute Gasteiger partial charge is 0.308 e. The molecule has 0 aromatic rings. The molecule has 21 heavy (non-hydrogen) atoms. The number of ether oxygens (including phenoxy) is 1. The minimum atomic E-state index is -0.525. The molecule has 4 bridgehead atoms. The molecule has 5 atom stereocenters. The first kappa shape index (κ1) is 13.8. The van der Waals surface area contributed by atoms with Crippen LogP contribution in [-0.2, 0) is 9.53 Å². The Morgan fingerprint density at radius 3 is 2.67 bits per heavy atom. The third-order valence-corrected chi connectivity index (χ3v) is 6.73. The Hall–Kier alpha value is -0.830. The van der Waals surface area contributed by atoms with Crippen LogP contribution in [0.2, 0.25) is 0 Å². The van der Waals surface area contributed by atoms with Crippen LogP contribution in [0.1, 0.15) is 51.9 Å². The van der Waals surface area contributed by atoms with Crippen molar-refractivity contribution in [1.82, 2.24) is 0 Å². The van der Waals surface area contributed by atoms with Gasteiger partial charge in [-0.15, -0.1) is 0 Å². The van der Waals surface area contributed by atoms with E-state index in [9.17, 15) is 9.90 Å². The number of carbonyl (C=O) groups excluding carboxylic acids is 1. The van der Waals surface area contributed by atoms with Gasteiger partial charge in [-0.2, -0.15) is 0 Å². The van der Waals surface area contributed by atoms with Crippen LogP contribution in [0.4, 0.5) is 0 Å². The van der Waals surface area contributed by atoms with Crippen LogP contribution in [0.3, 0.4) is 0 Å². The molecule has 0 spiro atoms. The summed E-state index contributed by atoms with van der Waals surface area (Å²) in [6.07, 6.45) is 10.8. The Morgan fingerprint density at radius 1 is 1.33 bits per heavy atom. The Balaban J connectivity index is 1.34. The summed E-state index contributed by atoms with van der Waals surface area (Å²) in [6.45, 7) is 2.13. The SMILES string of the molecule is CCC1(OC(=O)CC(O)C2CC3C=CC2C3)CC2CC1C2. The highest BCUT2D eigenvalue weighted by atomic mass is 16.6. The summed E-state index contributed by atoms with van der Waals surface area (Å²) in [5, 5.41) is 10.4. The van der Waals surface area contributed by atoms with E-state index in [0.29, 0.717) is 17.8 Å². The molecule has 3 nitrogen and oxygen atoms in total. The van der Waals surface area contributed by atoms with Crippen LogP contribution in [-0.4, -0.2) is 22.8 Å². The molecule has 4 saturated carbocycles. The van der Waals surface area contributed by atoms with Crippen molar-refractivity contribution in [3.63, 3.8) is 0 Å². The Bertz CT molecular complexity index is 465. The van der Waals surface area contributed by atoms with Crippen molar-refractivity contribution in [3.8, 4) is 0 Å². The second kappa shape index (κ2) is 4.84. The van der Waals surface area contributed by atoms with E-state index < -0.39 is 6.10 Å². The number of allylic oxidation sites excluding steroid dienone is 2. The number of hydrogen-bond donors (Lipinski definition) is 1. The predicted octanol–water partition coefficient (Wildman–Crippen LogP) is 3.07. The quantitative estimate of drug-likeness (QED) is 0.625. The van der Waals surface area contributed by atoms with E-state index in [4.69, 9.17) is 4.74 Å². The van der Waals surface area contributed by atoms with Gasteiger partial charge in [-0.25, -0.2) is 0 Å². The van der Waals surface area contributed by atoms with Crippen LogP contribution in [0.15, 0.2) is 12.2 Å². The number of esters is 1. The minimum absolute atomic E-state index is 0.177. The molecule has 5 rings (SSSR count). The fourth-order valence-corrected chi connectivity index (χ4v) is 5.47. The lowest BCUT2D eigenvalue weighted by Gasteiger charge is -2.34. The molecule has 5 aliphatic carbocycles. The van der Waals surface area contributed by atoms with Gasteiger partial charge >= 0.3 is 5.97 Å². The molecule has 0 aromatic carbocycles. The summed E-state index contributed by atoms with van der Waals surface area (Å²) < 4.78 is 5.90. The lowest BCUT2D eigenvalue weighted by Crippen LogP contribution is -2.38.